The Labute approximate surface area is 136 Å². The van der Waals surface area contributed by atoms with E-state index >= 15 is 0 Å². The van der Waals surface area contributed by atoms with Crippen LogP contribution in [-0.4, -0.2) is 36.3 Å². The number of amidine groups is 1. The van der Waals surface area contributed by atoms with Crippen molar-refractivity contribution in [2.24, 2.45) is 4.99 Å². The molecule has 4 heteroatoms. The number of hydrogen-bond donors (Lipinski definition) is 0. The zero-order chi connectivity index (χ0) is 15.0. The third-order valence-electron chi connectivity index (χ3n) is 3.47. The molecule has 0 saturated carbocycles. The van der Waals surface area contributed by atoms with Crippen LogP contribution >= 0.6 is 11.8 Å². The molecule has 1 heterocycles. The zero-order valence-corrected chi connectivity index (χ0v) is 13.3. The maximum absolute atomic E-state index is 5.77. The van der Waals surface area contributed by atoms with E-state index in [-0.39, 0.29) is 0 Å². The van der Waals surface area contributed by atoms with Crippen LogP contribution in [0.2, 0.25) is 0 Å². The predicted molar refractivity (Wildman–Crippen MR) is 93.5 cm³/mol. The van der Waals surface area contributed by atoms with Gasteiger partial charge in [0.2, 0.25) is 0 Å². The molecule has 1 aliphatic rings. The summed E-state index contributed by atoms with van der Waals surface area (Å²) in [6.45, 7) is 3.46. The standard InChI is InChI=1S/C18H20N2OS/c1-3-7-16(8-4-1)15-22-18-19-11-12-20(18)13-14-21-17-9-5-2-6-10-17/h1-10H,11-15H2. The third-order valence-corrected chi connectivity index (χ3v) is 4.59. The number of hydrogen-bond acceptors (Lipinski definition) is 4. The number of thioether (sulfide) groups is 1. The summed E-state index contributed by atoms with van der Waals surface area (Å²) in [7, 11) is 0. The van der Waals surface area contributed by atoms with Gasteiger partial charge in [-0.25, -0.2) is 0 Å². The normalized spacial score (nSPS) is 14.0. The van der Waals surface area contributed by atoms with Crippen LogP contribution in [0.3, 0.4) is 0 Å². The molecule has 3 rings (SSSR count). The van der Waals surface area contributed by atoms with Crippen molar-refractivity contribution in [3.05, 3.63) is 66.2 Å². The van der Waals surface area contributed by atoms with Gasteiger partial charge >= 0.3 is 0 Å². The molecule has 0 atom stereocenters. The molecule has 0 bridgehead atoms. The molecular weight excluding hydrogens is 292 g/mol. The first kappa shape index (κ1) is 15.0. The maximum Gasteiger partial charge on any atom is 0.159 e. The number of benzene rings is 2. The molecule has 0 fully saturated rings. The van der Waals surface area contributed by atoms with Gasteiger partial charge < -0.3 is 9.64 Å². The Morgan fingerprint density at radius 2 is 1.73 bits per heavy atom. The topological polar surface area (TPSA) is 24.8 Å². The van der Waals surface area contributed by atoms with E-state index in [4.69, 9.17) is 4.74 Å². The molecule has 0 saturated heterocycles. The number of nitrogens with zero attached hydrogens (tertiary/aromatic N) is 2. The Balaban J connectivity index is 1.44. The quantitative estimate of drug-likeness (QED) is 0.813. The maximum atomic E-state index is 5.77. The Hall–Kier alpha value is -1.94. The van der Waals surface area contributed by atoms with Crippen LogP contribution in [-0.2, 0) is 5.75 Å². The van der Waals surface area contributed by atoms with Crippen LogP contribution in [0.4, 0.5) is 0 Å². The minimum Gasteiger partial charge on any atom is -0.492 e. The monoisotopic (exact) mass is 312 g/mol. The molecule has 0 amide bonds. The van der Waals surface area contributed by atoms with Crippen molar-refractivity contribution in [1.82, 2.24) is 4.90 Å². The van der Waals surface area contributed by atoms with Gasteiger partial charge in [-0.3, -0.25) is 4.99 Å². The average Bonchev–Trinajstić information content (AvgIpc) is 3.02. The summed E-state index contributed by atoms with van der Waals surface area (Å²) < 4.78 is 5.77. The molecule has 0 N–H and O–H groups in total. The predicted octanol–water partition coefficient (Wildman–Crippen LogP) is 3.67. The highest BCUT2D eigenvalue weighted by Crippen LogP contribution is 2.19. The minimum atomic E-state index is 0.689. The second kappa shape index (κ2) is 7.90. The summed E-state index contributed by atoms with van der Waals surface area (Å²) in [5, 5.41) is 1.14. The van der Waals surface area contributed by atoms with Crippen LogP contribution in [0.25, 0.3) is 0 Å². The first-order chi connectivity index (χ1) is 10.9. The summed E-state index contributed by atoms with van der Waals surface area (Å²) in [6, 6.07) is 20.5. The molecule has 0 aromatic heterocycles. The number of rotatable bonds is 6. The first-order valence-corrected chi connectivity index (χ1v) is 8.54. The van der Waals surface area contributed by atoms with Crippen molar-refractivity contribution in [2.75, 3.05) is 26.2 Å². The second-order valence-electron chi connectivity index (χ2n) is 5.09. The average molecular weight is 312 g/mol. The lowest BCUT2D eigenvalue weighted by Crippen LogP contribution is -2.30. The van der Waals surface area contributed by atoms with Gasteiger partial charge in [0.25, 0.3) is 0 Å². The second-order valence-corrected chi connectivity index (χ2v) is 6.03. The van der Waals surface area contributed by atoms with Gasteiger partial charge in [-0.15, -0.1) is 0 Å². The molecule has 0 unspecified atom stereocenters. The van der Waals surface area contributed by atoms with Gasteiger partial charge in [-0.1, -0.05) is 60.3 Å². The highest BCUT2D eigenvalue weighted by molar-refractivity contribution is 8.13. The van der Waals surface area contributed by atoms with Gasteiger partial charge in [0, 0.05) is 12.3 Å². The van der Waals surface area contributed by atoms with Gasteiger partial charge in [0.05, 0.1) is 13.1 Å². The Bertz CT molecular complexity index is 601. The molecule has 22 heavy (non-hydrogen) atoms. The van der Waals surface area contributed by atoms with E-state index in [0.717, 1.165) is 36.3 Å². The van der Waals surface area contributed by atoms with E-state index in [9.17, 15) is 0 Å². The van der Waals surface area contributed by atoms with Crippen molar-refractivity contribution >= 4 is 16.9 Å². The van der Waals surface area contributed by atoms with Crippen molar-refractivity contribution in [2.45, 2.75) is 5.75 Å². The van der Waals surface area contributed by atoms with E-state index in [1.54, 1.807) is 0 Å². The molecule has 0 radical (unpaired) electrons. The Morgan fingerprint density at radius 1 is 1.00 bits per heavy atom. The molecule has 1 aliphatic heterocycles. The molecular formula is C18H20N2OS. The fraction of sp³-hybridized carbons (Fsp3) is 0.278. The fourth-order valence-corrected chi connectivity index (χ4v) is 3.35. The fourth-order valence-electron chi connectivity index (χ4n) is 2.32. The van der Waals surface area contributed by atoms with Crippen LogP contribution in [0.15, 0.2) is 65.7 Å². The van der Waals surface area contributed by atoms with Crippen molar-refractivity contribution in [3.63, 3.8) is 0 Å². The summed E-state index contributed by atoms with van der Waals surface area (Å²) >= 11 is 1.81. The van der Waals surface area contributed by atoms with Crippen molar-refractivity contribution < 1.29 is 4.74 Å². The van der Waals surface area contributed by atoms with Gasteiger partial charge in [-0.05, 0) is 17.7 Å². The third kappa shape index (κ3) is 4.28. The van der Waals surface area contributed by atoms with Crippen LogP contribution in [0, 0.1) is 0 Å². The highest BCUT2D eigenvalue weighted by Gasteiger charge is 2.17. The van der Waals surface area contributed by atoms with Crippen LogP contribution < -0.4 is 4.74 Å². The van der Waals surface area contributed by atoms with Gasteiger partial charge in [0.1, 0.15) is 12.4 Å². The van der Waals surface area contributed by atoms with E-state index < -0.39 is 0 Å². The number of aliphatic imine (C=N–C) groups is 1. The van der Waals surface area contributed by atoms with E-state index in [0.29, 0.717) is 6.61 Å². The molecule has 0 aliphatic carbocycles. The lowest BCUT2D eigenvalue weighted by atomic mass is 10.2. The summed E-state index contributed by atoms with van der Waals surface area (Å²) in [5.41, 5.74) is 1.34. The van der Waals surface area contributed by atoms with E-state index in [2.05, 4.69) is 40.2 Å². The number of ether oxygens (including phenoxy) is 1. The summed E-state index contributed by atoms with van der Waals surface area (Å²) in [5.74, 6) is 1.90. The molecule has 114 valence electrons. The molecule has 2 aromatic carbocycles. The van der Waals surface area contributed by atoms with Crippen LogP contribution in [0.5, 0.6) is 5.75 Å². The minimum absolute atomic E-state index is 0.689. The van der Waals surface area contributed by atoms with E-state index in [1.807, 2.05) is 42.1 Å². The Morgan fingerprint density at radius 3 is 2.50 bits per heavy atom. The highest BCUT2D eigenvalue weighted by atomic mass is 32.2. The van der Waals surface area contributed by atoms with Crippen LogP contribution in [0.1, 0.15) is 5.56 Å². The molecule has 2 aromatic rings. The lowest BCUT2D eigenvalue weighted by Gasteiger charge is -2.19. The van der Waals surface area contributed by atoms with Crippen molar-refractivity contribution in [1.29, 1.82) is 0 Å². The van der Waals surface area contributed by atoms with Gasteiger partial charge in [0.15, 0.2) is 5.17 Å². The van der Waals surface area contributed by atoms with Crippen molar-refractivity contribution in [3.8, 4) is 5.75 Å². The first-order valence-electron chi connectivity index (χ1n) is 7.56. The Kier molecular flexibility index (Phi) is 5.37. The lowest BCUT2D eigenvalue weighted by molar-refractivity contribution is 0.278. The van der Waals surface area contributed by atoms with Gasteiger partial charge in [-0.2, -0.15) is 0 Å². The SMILES string of the molecule is c1ccc(CSC2=NCCN2CCOc2ccccc2)cc1. The van der Waals surface area contributed by atoms with E-state index in [1.165, 1.54) is 5.56 Å². The largest absolute Gasteiger partial charge is 0.492 e. The zero-order valence-electron chi connectivity index (χ0n) is 12.5. The summed E-state index contributed by atoms with van der Waals surface area (Å²) in [6.07, 6.45) is 0. The molecule has 3 nitrogen and oxygen atoms in total. The number of para-hydroxylation sites is 1. The smallest absolute Gasteiger partial charge is 0.159 e. The summed E-state index contributed by atoms with van der Waals surface area (Å²) in [4.78, 5) is 6.92. The molecule has 0 spiro atoms.